The second kappa shape index (κ2) is 9.72. The Hall–Kier alpha value is -2.23. The maximum absolute atomic E-state index is 13.4. The van der Waals surface area contributed by atoms with Crippen molar-refractivity contribution in [3.05, 3.63) is 48.0 Å². The third-order valence-electron chi connectivity index (χ3n) is 6.11. The Morgan fingerprint density at radius 3 is 2.19 bits per heavy atom. The monoisotopic (exact) mass is 475 g/mol. The number of benzene rings is 2. The molecule has 0 spiro atoms. The first-order chi connectivity index (χ1) is 15.4. The van der Waals surface area contributed by atoms with Crippen molar-refractivity contribution in [3.63, 3.8) is 0 Å². The molecule has 0 N–H and O–H groups in total. The number of nitrogens with zero attached hydrogens (tertiary/aromatic N) is 3. The summed E-state index contributed by atoms with van der Waals surface area (Å²) in [5.74, 6) is 0.719. The van der Waals surface area contributed by atoms with Crippen molar-refractivity contribution < 1.29 is 17.9 Å². The minimum atomic E-state index is -3.68. The van der Waals surface area contributed by atoms with Gasteiger partial charge in [0.15, 0.2) is 0 Å². The van der Waals surface area contributed by atoms with Gasteiger partial charge in [-0.1, -0.05) is 0 Å². The van der Waals surface area contributed by atoms with Gasteiger partial charge in [-0.3, -0.25) is 4.79 Å². The minimum absolute atomic E-state index is 0.0757. The third-order valence-corrected chi connectivity index (χ3v) is 8.80. The Morgan fingerprint density at radius 1 is 0.938 bits per heavy atom. The Labute approximate surface area is 194 Å². The highest BCUT2D eigenvalue weighted by Crippen LogP contribution is 2.29. The van der Waals surface area contributed by atoms with Crippen LogP contribution in [0.3, 0.4) is 0 Å². The molecule has 2 aromatic carbocycles. The zero-order valence-electron chi connectivity index (χ0n) is 18.5. The lowest BCUT2D eigenvalue weighted by atomic mass is 10.2. The first-order valence-corrected chi connectivity index (χ1v) is 13.5. The van der Waals surface area contributed by atoms with Crippen LogP contribution in [-0.2, 0) is 10.0 Å². The van der Waals surface area contributed by atoms with E-state index in [1.54, 1.807) is 25.3 Å². The predicted octanol–water partition coefficient (Wildman–Crippen LogP) is 3.16. The molecule has 1 amide bonds. The molecule has 0 unspecified atom stereocenters. The van der Waals surface area contributed by atoms with Crippen molar-refractivity contribution in [3.8, 4) is 5.75 Å². The smallest absolute Gasteiger partial charge is 0.255 e. The van der Waals surface area contributed by atoms with E-state index < -0.39 is 10.0 Å². The fourth-order valence-corrected chi connectivity index (χ4v) is 6.25. The molecule has 0 radical (unpaired) electrons. The van der Waals surface area contributed by atoms with Gasteiger partial charge in [-0.2, -0.15) is 4.31 Å². The van der Waals surface area contributed by atoms with E-state index in [0.717, 1.165) is 42.3 Å². The first-order valence-electron chi connectivity index (χ1n) is 10.8. The van der Waals surface area contributed by atoms with Gasteiger partial charge in [-0.05, 0) is 61.6 Å². The van der Waals surface area contributed by atoms with Gasteiger partial charge in [0, 0.05) is 49.9 Å². The van der Waals surface area contributed by atoms with E-state index >= 15 is 0 Å². The number of likely N-dealkylation sites (tertiary alicyclic amines) is 1. The number of carbonyl (C=O) groups is 1. The molecule has 7 nitrogen and oxygen atoms in total. The average molecular weight is 476 g/mol. The second-order valence-electron chi connectivity index (χ2n) is 7.95. The van der Waals surface area contributed by atoms with Crippen molar-refractivity contribution in [2.45, 2.75) is 22.6 Å². The second-order valence-corrected chi connectivity index (χ2v) is 10.7. The van der Waals surface area contributed by atoms with Gasteiger partial charge in [0.25, 0.3) is 5.91 Å². The number of methoxy groups -OCH3 is 1. The topological polar surface area (TPSA) is 70.2 Å². The predicted molar refractivity (Wildman–Crippen MR) is 127 cm³/mol. The van der Waals surface area contributed by atoms with E-state index in [1.807, 2.05) is 35.4 Å². The summed E-state index contributed by atoms with van der Waals surface area (Å²) in [6.45, 7) is 3.47. The molecule has 0 atom stereocenters. The number of hydrogen-bond donors (Lipinski definition) is 0. The molecule has 0 saturated carbocycles. The van der Waals surface area contributed by atoms with Crippen LogP contribution in [0.15, 0.2) is 52.3 Å². The summed E-state index contributed by atoms with van der Waals surface area (Å²) in [4.78, 5) is 18.0. The molecule has 172 valence electrons. The molecule has 32 heavy (non-hydrogen) atoms. The largest absolute Gasteiger partial charge is 0.497 e. The molecule has 4 rings (SSSR count). The molecule has 0 aliphatic carbocycles. The van der Waals surface area contributed by atoms with Crippen LogP contribution in [0.4, 0.5) is 5.69 Å². The number of carbonyl (C=O) groups excluding carboxylic acids is 1. The highest BCUT2D eigenvalue weighted by Gasteiger charge is 2.30. The van der Waals surface area contributed by atoms with Crippen LogP contribution in [0.25, 0.3) is 0 Å². The van der Waals surface area contributed by atoms with Gasteiger partial charge >= 0.3 is 0 Å². The molecule has 9 heteroatoms. The lowest BCUT2D eigenvalue weighted by Crippen LogP contribution is -2.48. The Bertz CT molecular complexity index is 1060. The summed E-state index contributed by atoms with van der Waals surface area (Å²) in [6.07, 6.45) is 3.90. The summed E-state index contributed by atoms with van der Waals surface area (Å²) in [6, 6.07) is 12.7. The maximum atomic E-state index is 13.4. The van der Waals surface area contributed by atoms with Crippen LogP contribution in [0.1, 0.15) is 23.2 Å². The molecule has 2 aliphatic rings. The highest BCUT2D eigenvalue weighted by molar-refractivity contribution is 7.98. The molecule has 2 saturated heterocycles. The van der Waals surface area contributed by atoms with Crippen LogP contribution in [0.5, 0.6) is 5.75 Å². The molecule has 2 aliphatic heterocycles. The number of hydrogen-bond acceptors (Lipinski definition) is 6. The molecule has 0 bridgehead atoms. The lowest BCUT2D eigenvalue weighted by Gasteiger charge is -2.35. The van der Waals surface area contributed by atoms with Crippen LogP contribution >= 0.6 is 11.8 Å². The van der Waals surface area contributed by atoms with E-state index in [1.165, 1.54) is 16.1 Å². The standard InChI is InChI=1S/C23H29N3O4S2/c1-30-19-7-5-18(6-8-19)24-13-15-26(16-14-24)32(28,29)20-9-10-22(31-2)21(17-20)23(27)25-11-3-4-12-25/h5-10,17H,3-4,11-16H2,1-2H3. The summed E-state index contributed by atoms with van der Waals surface area (Å²) < 4.78 is 33.5. The molecular formula is C23H29N3O4S2. The van der Waals surface area contributed by atoms with Gasteiger partial charge in [0.1, 0.15) is 5.75 Å². The minimum Gasteiger partial charge on any atom is -0.497 e. The van der Waals surface area contributed by atoms with E-state index in [4.69, 9.17) is 4.74 Å². The van der Waals surface area contributed by atoms with Crippen LogP contribution in [0, 0.1) is 0 Å². The van der Waals surface area contributed by atoms with Crippen LogP contribution in [-0.4, -0.2) is 76.2 Å². The quantitative estimate of drug-likeness (QED) is 0.598. The van der Waals surface area contributed by atoms with Crippen molar-refractivity contribution in [2.24, 2.45) is 0 Å². The molecule has 2 fully saturated rings. The van der Waals surface area contributed by atoms with E-state index in [-0.39, 0.29) is 10.8 Å². The average Bonchev–Trinajstić information content (AvgIpc) is 3.38. The molecule has 0 aromatic heterocycles. The lowest BCUT2D eigenvalue weighted by molar-refractivity contribution is 0.0789. The Balaban J connectivity index is 1.50. The van der Waals surface area contributed by atoms with Crippen LogP contribution in [0.2, 0.25) is 0 Å². The first kappa shape index (κ1) is 22.9. The number of rotatable bonds is 6. The summed E-state index contributed by atoms with van der Waals surface area (Å²) in [7, 11) is -2.04. The van der Waals surface area contributed by atoms with E-state index in [2.05, 4.69) is 4.90 Å². The van der Waals surface area contributed by atoms with Gasteiger partial charge in [-0.15, -0.1) is 11.8 Å². The highest BCUT2D eigenvalue weighted by atomic mass is 32.2. The van der Waals surface area contributed by atoms with Gasteiger partial charge in [0.2, 0.25) is 10.0 Å². The number of ether oxygens (including phenoxy) is 1. The molecular weight excluding hydrogens is 446 g/mol. The van der Waals surface area contributed by atoms with E-state index in [0.29, 0.717) is 31.7 Å². The zero-order chi connectivity index (χ0) is 22.7. The molecule has 2 aromatic rings. The van der Waals surface area contributed by atoms with Gasteiger partial charge in [0.05, 0.1) is 17.6 Å². The summed E-state index contributed by atoms with van der Waals surface area (Å²) in [5, 5.41) is 0. The normalized spacial score (nSPS) is 17.6. The van der Waals surface area contributed by atoms with Gasteiger partial charge in [-0.25, -0.2) is 8.42 Å². The van der Waals surface area contributed by atoms with E-state index in [9.17, 15) is 13.2 Å². The van der Waals surface area contributed by atoms with Gasteiger partial charge < -0.3 is 14.5 Å². The summed E-state index contributed by atoms with van der Waals surface area (Å²) >= 11 is 1.47. The number of anilines is 1. The Morgan fingerprint density at radius 2 is 1.59 bits per heavy atom. The number of thioether (sulfide) groups is 1. The van der Waals surface area contributed by atoms with Crippen LogP contribution < -0.4 is 9.64 Å². The molecule has 2 heterocycles. The van der Waals surface area contributed by atoms with Crippen molar-refractivity contribution in [2.75, 3.05) is 57.5 Å². The summed E-state index contributed by atoms with van der Waals surface area (Å²) in [5.41, 5.74) is 1.53. The number of sulfonamides is 1. The zero-order valence-corrected chi connectivity index (χ0v) is 20.1. The van der Waals surface area contributed by atoms with Crippen molar-refractivity contribution in [1.82, 2.24) is 9.21 Å². The maximum Gasteiger partial charge on any atom is 0.255 e. The van der Waals surface area contributed by atoms with Crippen molar-refractivity contribution in [1.29, 1.82) is 0 Å². The number of piperazine rings is 1. The fraction of sp³-hybridized carbons (Fsp3) is 0.435. The number of amides is 1. The SMILES string of the molecule is COc1ccc(N2CCN(S(=O)(=O)c3ccc(SC)c(C(=O)N4CCCC4)c3)CC2)cc1. The Kier molecular flexibility index (Phi) is 6.97. The third kappa shape index (κ3) is 4.60. The fourth-order valence-electron chi connectivity index (χ4n) is 4.23. The van der Waals surface area contributed by atoms with Crippen molar-refractivity contribution >= 4 is 33.4 Å².